The topological polar surface area (TPSA) is 118 Å². The second-order valence-electron chi connectivity index (χ2n) is 6.55. The molecular formula is C18H18FN5O2. The zero-order valence-corrected chi connectivity index (χ0v) is 14.3. The van der Waals surface area contributed by atoms with E-state index in [1.165, 1.54) is 12.1 Å². The number of benzene rings is 1. The molecule has 0 aliphatic rings. The number of nitrogens with two attached hydrogens (primary N) is 1. The summed E-state index contributed by atoms with van der Waals surface area (Å²) in [5.41, 5.74) is 6.03. The van der Waals surface area contributed by atoms with Crippen molar-refractivity contribution in [2.45, 2.75) is 25.8 Å². The smallest absolute Gasteiger partial charge is 0.293 e. The third-order valence-corrected chi connectivity index (χ3v) is 3.74. The van der Waals surface area contributed by atoms with Crippen LogP contribution in [0.5, 0.6) is 5.75 Å². The fourth-order valence-corrected chi connectivity index (χ4v) is 2.33. The van der Waals surface area contributed by atoms with E-state index in [2.05, 4.69) is 19.9 Å². The number of H-pyrrole nitrogens is 1. The standard InChI is InChI=1S/C18H18FN5O2/c1-18(2,20)17-23-13(14(25)16(26)24-17)15-21-8-11(9-22-15)7-10-3-5-12(19)6-4-10/h3-6,8-9,25H,7,20H2,1-2H3,(H,23,24,26). The summed E-state index contributed by atoms with van der Waals surface area (Å²) in [6.07, 6.45) is 3.67. The lowest BCUT2D eigenvalue weighted by molar-refractivity contribution is 0.453. The van der Waals surface area contributed by atoms with E-state index in [9.17, 15) is 14.3 Å². The molecule has 0 saturated heterocycles. The molecule has 1 aromatic carbocycles. The summed E-state index contributed by atoms with van der Waals surface area (Å²) in [4.78, 5) is 26.9. The highest BCUT2D eigenvalue weighted by Crippen LogP contribution is 2.22. The maximum atomic E-state index is 13.0. The van der Waals surface area contributed by atoms with Crippen LogP contribution in [0, 0.1) is 5.82 Å². The molecule has 0 saturated carbocycles. The van der Waals surface area contributed by atoms with E-state index in [1.54, 1.807) is 38.4 Å². The van der Waals surface area contributed by atoms with Gasteiger partial charge in [0, 0.05) is 18.8 Å². The molecule has 8 heteroatoms. The van der Waals surface area contributed by atoms with Gasteiger partial charge >= 0.3 is 0 Å². The van der Waals surface area contributed by atoms with Crippen LogP contribution in [0.4, 0.5) is 4.39 Å². The third-order valence-electron chi connectivity index (χ3n) is 3.74. The number of aromatic hydroxyl groups is 1. The lowest BCUT2D eigenvalue weighted by atomic mass is 10.1. The van der Waals surface area contributed by atoms with Gasteiger partial charge < -0.3 is 15.8 Å². The molecule has 0 aliphatic heterocycles. The molecule has 0 fully saturated rings. The number of nitrogens with zero attached hydrogens (tertiary/aromatic N) is 3. The van der Waals surface area contributed by atoms with Crippen molar-refractivity contribution in [3.63, 3.8) is 0 Å². The first-order valence-corrected chi connectivity index (χ1v) is 7.92. The van der Waals surface area contributed by atoms with Crippen LogP contribution in [0.15, 0.2) is 41.5 Å². The van der Waals surface area contributed by atoms with Crippen LogP contribution in [0.3, 0.4) is 0 Å². The largest absolute Gasteiger partial charge is 0.501 e. The molecular weight excluding hydrogens is 337 g/mol. The predicted molar refractivity (Wildman–Crippen MR) is 94.0 cm³/mol. The van der Waals surface area contributed by atoms with Gasteiger partial charge in [0.1, 0.15) is 11.6 Å². The van der Waals surface area contributed by atoms with Gasteiger partial charge in [0.2, 0.25) is 5.75 Å². The molecule has 0 bridgehead atoms. The predicted octanol–water partition coefficient (Wildman–Crippen LogP) is 1.86. The molecule has 0 unspecified atom stereocenters. The lowest BCUT2D eigenvalue weighted by Crippen LogP contribution is -2.33. The quantitative estimate of drug-likeness (QED) is 0.657. The van der Waals surface area contributed by atoms with Crippen LogP contribution >= 0.6 is 0 Å². The van der Waals surface area contributed by atoms with Gasteiger partial charge in [-0.25, -0.2) is 19.3 Å². The summed E-state index contributed by atoms with van der Waals surface area (Å²) < 4.78 is 13.0. The van der Waals surface area contributed by atoms with Crippen LogP contribution in [0.1, 0.15) is 30.8 Å². The molecule has 3 rings (SSSR count). The Morgan fingerprint density at radius 3 is 2.35 bits per heavy atom. The van der Waals surface area contributed by atoms with Crippen molar-refractivity contribution in [3.8, 4) is 17.3 Å². The van der Waals surface area contributed by atoms with E-state index < -0.39 is 16.8 Å². The van der Waals surface area contributed by atoms with Crippen molar-refractivity contribution in [1.82, 2.24) is 19.9 Å². The summed E-state index contributed by atoms with van der Waals surface area (Å²) in [7, 11) is 0. The number of rotatable bonds is 4. The number of hydrogen-bond acceptors (Lipinski definition) is 6. The van der Waals surface area contributed by atoms with Crippen LogP contribution in [-0.4, -0.2) is 25.0 Å². The van der Waals surface area contributed by atoms with E-state index in [0.29, 0.717) is 6.42 Å². The Balaban J connectivity index is 1.92. The first-order chi connectivity index (χ1) is 12.2. The number of aromatic amines is 1. The number of nitrogens with one attached hydrogen (secondary N) is 1. The number of halogens is 1. The average molecular weight is 355 g/mol. The Morgan fingerprint density at radius 2 is 1.77 bits per heavy atom. The summed E-state index contributed by atoms with van der Waals surface area (Å²) in [6, 6.07) is 6.14. The van der Waals surface area contributed by atoms with Crippen LogP contribution in [0.25, 0.3) is 11.5 Å². The zero-order chi connectivity index (χ0) is 18.9. The van der Waals surface area contributed by atoms with Crippen LogP contribution in [0.2, 0.25) is 0 Å². The minimum absolute atomic E-state index is 0.0318. The number of aromatic nitrogens is 4. The fourth-order valence-electron chi connectivity index (χ4n) is 2.33. The molecule has 0 aliphatic carbocycles. The monoisotopic (exact) mass is 355 g/mol. The van der Waals surface area contributed by atoms with E-state index in [-0.39, 0.29) is 23.2 Å². The molecule has 0 spiro atoms. The Morgan fingerprint density at radius 1 is 1.15 bits per heavy atom. The first kappa shape index (κ1) is 17.7. The maximum Gasteiger partial charge on any atom is 0.293 e. The van der Waals surface area contributed by atoms with Gasteiger partial charge in [-0.1, -0.05) is 12.1 Å². The molecule has 0 atom stereocenters. The van der Waals surface area contributed by atoms with Crippen molar-refractivity contribution >= 4 is 0 Å². The van der Waals surface area contributed by atoms with Crippen molar-refractivity contribution in [2.75, 3.05) is 0 Å². The second-order valence-corrected chi connectivity index (χ2v) is 6.55. The average Bonchev–Trinajstić information content (AvgIpc) is 2.59. The van der Waals surface area contributed by atoms with E-state index >= 15 is 0 Å². The minimum Gasteiger partial charge on any atom is -0.501 e. The lowest BCUT2D eigenvalue weighted by Gasteiger charge is -2.18. The van der Waals surface area contributed by atoms with E-state index in [0.717, 1.165) is 11.1 Å². The zero-order valence-electron chi connectivity index (χ0n) is 14.3. The molecule has 4 N–H and O–H groups in total. The second kappa shape index (κ2) is 6.64. The van der Waals surface area contributed by atoms with Crippen molar-refractivity contribution < 1.29 is 9.50 Å². The van der Waals surface area contributed by atoms with Crippen molar-refractivity contribution in [3.05, 3.63) is 69.8 Å². The van der Waals surface area contributed by atoms with Crippen LogP contribution in [-0.2, 0) is 12.0 Å². The molecule has 7 nitrogen and oxygen atoms in total. The van der Waals surface area contributed by atoms with Gasteiger partial charge in [-0.2, -0.15) is 0 Å². The summed E-state index contributed by atoms with van der Waals surface area (Å²) in [5.74, 6) is -0.532. The van der Waals surface area contributed by atoms with Gasteiger partial charge in [0.05, 0.1) is 5.54 Å². The summed E-state index contributed by atoms with van der Waals surface area (Å²) in [5, 5.41) is 10.0. The number of hydrogen-bond donors (Lipinski definition) is 3. The Labute approximate surface area is 148 Å². The normalized spacial score (nSPS) is 11.5. The van der Waals surface area contributed by atoms with Gasteiger partial charge in [0.25, 0.3) is 5.56 Å². The first-order valence-electron chi connectivity index (χ1n) is 7.92. The van der Waals surface area contributed by atoms with Crippen molar-refractivity contribution in [1.29, 1.82) is 0 Å². The Bertz CT molecular complexity index is 976. The van der Waals surface area contributed by atoms with Gasteiger partial charge in [-0.05, 0) is 37.1 Å². The van der Waals surface area contributed by atoms with Gasteiger partial charge in [-0.3, -0.25) is 4.79 Å². The highest BCUT2D eigenvalue weighted by Gasteiger charge is 2.22. The fraction of sp³-hybridized carbons (Fsp3) is 0.222. The van der Waals surface area contributed by atoms with Gasteiger partial charge in [-0.15, -0.1) is 0 Å². The molecule has 0 amide bonds. The SMILES string of the molecule is CC(C)(N)c1nc(-c2ncc(Cc3ccc(F)cc3)cn2)c(O)c(=O)[nH]1. The summed E-state index contributed by atoms with van der Waals surface area (Å²) >= 11 is 0. The highest BCUT2D eigenvalue weighted by molar-refractivity contribution is 5.57. The molecule has 2 heterocycles. The molecule has 3 aromatic rings. The molecule has 2 aromatic heterocycles. The third kappa shape index (κ3) is 3.75. The van der Waals surface area contributed by atoms with Crippen molar-refractivity contribution in [2.24, 2.45) is 5.73 Å². The molecule has 134 valence electrons. The summed E-state index contributed by atoms with van der Waals surface area (Å²) in [6.45, 7) is 3.36. The highest BCUT2D eigenvalue weighted by atomic mass is 19.1. The van der Waals surface area contributed by atoms with Gasteiger partial charge in [0.15, 0.2) is 11.5 Å². The van der Waals surface area contributed by atoms with E-state index in [4.69, 9.17) is 5.73 Å². The maximum absolute atomic E-state index is 13.0. The minimum atomic E-state index is -0.899. The molecule has 26 heavy (non-hydrogen) atoms. The van der Waals surface area contributed by atoms with E-state index in [1.807, 2.05) is 0 Å². The Kier molecular flexibility index (Phi) is 4.52. The molecule has 0 radical (unpaired) electrons. The van der Waals surface area contributed by atoms with Crippen LogP contribution < -0.4 is 11.3 Å². The Hall–Kier alpha value is -3.13.